The van der Waals surface area contributed by atoms with Gasteiger partial charge in [-0.15, -0.1) is 0 Å². The van der Waals surface area contributed by atoms with Gasteiger partial charge in [-0.1, -0.05) is 12.8 Å². The maximum atomic E-state index is 11.9. The molecule has 0 bridgehead atoms. The number of carbonyl (C=O) groups is 3. The SMILES string of the molecule is CCOC(=O)CCCCCC(C(C)=O)C(=O)OC(C)(C)C. The number of carbonyl (C=O) groups excluding carboxylic acids is 3. The van der Waals surface area contributed by atoms with Crippen LogP contribution in [0.25, 0.3) is 0 Å². The Labute approximate surface area is 127 Å². The zero-order chi connectivity index (χ0) is 16.5. The molecule has 0 N–H and O–H groups in total. The summed E-state index contributed by atoms with van der Waals surface area (Å²) in [6, 6.07) is 0. The first kappa shape index (κ1) is 19.6. The molecule has 21 heavy (non-hydrogen) atoms. The topological polar surface area (TPSA) is 69.7 Å². The fraction of sp³-hybridized carbons (Fsp3) is 0.812. The van der Waals surface area contributed by atoms with Crippen molar-refractivity contribution < 1.29 is 23.9 Å². The molecule has 122 valence electrons. The van der Waals surface area contributed by atoms with E-state index >= 15 is 0 Å². The number of hydrogen-bond donors (Lipinski definition) is 0. The number of ether oxygens (including phenoxy) is 2. The number of unbranched alkanes of at least 4 members (excludes halogenated alkanes) is 2. The third-order valence-electron chi connectivity index (χ3n) is 2.86. The van der Waals surface area contributed by atoms with Crippen LogP contribution in [-0.4, -0.2) is 29.9 Å². The average molecular weight is 300 g/mol. The Bertz CT molecular complexity index is 354. The molecule has 5 nitrogen and oxygen atoms in total. The van der Waals surface area contributed by atoms with Crippen LogP contribution in [0.5, 0.6) is 0 Å². The monoisotopic (exact) mass is 300 g/mol. The van der Waals surface area contributed by atoms with Gasteiger partial charge in [0.2, 0.25) is 0 Å². The predicted molar refractivity (Wildman–Crippen MR) is 79.7 cm³/mol. The molecular weight excluding hydrogens is 272 g/mol. The molecule has 0 aromatic carbocycles. The molecule has 5 heteroatoms. The molecular formula is C16H28O5. The van der Waals surface area contributed by atoms with Crippen molar-refractivity contribution in [3.8, 4) is 0 Å². The van der Waals surface area contributed by atoms with E-state index in [0.29, 0.717) is 32.3 Å². The standard InChI is InChI=1S/C16H28O5/c1-6-20-14(18)11-9-7-8-10-13(12(2)17)15(19)21-16(3,4)5/h13H,6-11H2,1-5H3. The number of esters is 2. The van der Waals surface area contributed by atoms with Gasteiger partial charge in [-0.2, -0.15) is 0 Å². The van der Waals surface area contributed by atoms with Crippen molar-refractivity contribution in [1.82, 2.24) is 0 Å². The van der Waals surface area contributed by atoms with Gasteiger partial charge in [0.25, 0.3) is 0 Å². The van der Waals surface area contributed by atoms with E-state index in [4.69, 9.17) is 9.47 Å². The highest BCUT2D eigenvalue weighted by molar-refractivity contribution is 5.97. The Morgan fingerprint density at radius 1 is 1.05 bits per heavy atom. The van der Waals surface area contributed by atoms with Gasteiger partial charge in [0.1, 0.15) is 17.3 Å². The quantitative estimate of drug-likeness (QED) is 0.372. The van der Waals surface area contributed by atoms with Crippen LogP contribution in [0.3, 0.4) is 0 Å². The lowest BCUT2D eigenvalue weighted by molar-refractivity contribution is -0.162. The first-order valence-corrected chi connectivity index (χ1v) is 7.56. The zero-order valence-corrected chi connectivity index (χ0v) is 13.9. The highest BCUT2D eigenvalue weighted by atomic mass is 16.6. The van der Waals surface area contributed by atoms with Crippen LogP contribution in [0.4, 0.5) is 0 Å². The van der Waals surface area contributed by atoms with Crippen molar-refractivity contribution in [3.05, 3.63) is 0 Å². The van der Waals surface area contributed by atoms with E-state index in [-0.39, 0.29) is 11.8 Å². The maximum Gasteiger partial charge on any atom is 0.316 e. The smallest absolute Gasteiger partial charge is 0.316 e. The predicted octanol–water partition coefficient (Wildman–Crippen LogP) is 3.05. The molecule has 0 aromatic heterocycles. The van der Waals surface area contributed by atoms with Gasteiger partial charge in [-0.05, 0) is 47.5 Å². The summed E-state index contributed by atoms with van der Waals surface area (Å²) in [7, 11) is 0. The highest BCUT2D eigenvalue weighted by Crippen LogP contribution is 2.18. The van der Waals surface area contributed by atoms with Crippen LogP contribution in [0.2, 0.25) is 0 Å². The number of ketones is 1. The summed E-state index contributed by atoms with van der Waals surface area (Å²) in [6.07, 6.45) is 3.05. The second kappa shape index (κ2) is 9.53. The normalized spacial score (nSPS) is 12.6. The number of Topliss-reactive ketones (excluding diaryl/α,β-unsaturated/α-hetero) is 1. The summed E-state index contributed by atoms with van der Waals surface area (Å²) in [5, 5.41) is 0. The van der Waals surface area contributed by atoms with E-state index in [1.807, 2.05) is 0 Å². The first-order chi connectivity index (χ1) is 9.67. The summed E-state index contributed by atoms with van der Waals surface area (Å²) in [4.78, 5) is 34.7. The summed E-state index contributed by atoms with van der Waals surface area (Å²) >= 11 is 0. The molecule has 1 unspecified atom stereocenters. The van der Waals surface area contributed by atoms with Crippen LogP contribution in [-0.2, 0) is 23.9 Å². The number of hydrogen-bond acceptors (Lipinski definition) is 5. The summed E-state index contributed by atoms with van der Waals surface area (Å²) in [5.74, 6) is -1.53. The largest absolute Gasteiger partial charge is 0.466 e. The van der Waals surface area contributed by atoms with Gasteiger partial charge in [-0.3, -0.25) is 14.4 Å². The van der Waals surface area contributed by atoms with Crippen molar-refractivity contribution >= 4 is 17.7 Å². The minimum Gasteiger partial charge on any atom is -0.466 e. The molecule has 0 amide bonds. The van der Waals surface area contributed by atoms with E-state index in [0.717, 1.165) is 6.42 Å². The lowest BCUT2D eigenvalue weighted by Crippen LogP contribution is -2.31. The lowest BCUT2D eigenvalue weighted by atomic mass is 9.97. The number of rotatable bonds is 9. The molecule has 0 aliphatic rings. The van der Waals surface area contributed by atoms with E-state index < -0.39 is 17.5 Å². The lowest BCUT2D eigenvalue weighted by Gasteiger charge is -2.22. The summed E-state index contributed by atoms with van der Waals surface area (Å²) in [5.41, 5.74) is -0.589. The summed E-state index contributed by atoms with van der Waals surface area (Å²) in [6.45, 7) is 8.91. The maximum absolute atomic E-state index is 11.9. The van der Waals surface area contributed by atoms with Crippen molar-refractivity contribution in [3.63, 3.8) is 0 Å². The van der Waals surface area contributed by atoms with Gasteiger partial charge >= 0.3 is 11.9 Å². The van der Waals surface area contributed by atoms with E-state index in [2.05, 4.69) is 0 Å². The Hall–Kier alpha value is -1.39. The second-order valence-electron chi connectivity index (χ2n) is 6.10. The first-order valence-electron chi connectivity index (χ1n) is 7.56. The van der Waals surface area contributed by atoms with Gasteiger partial charge < -0.3 is 9.47 Å². The minimum atomic E-state index is -0.702. The van der Waals surface area contributed by atoms with Crippen molar-refractivity contribution in [1.29, 1.82) is 0 Å². The van der Waals surface area contributed by atoms with E-state index in [9.17, 15) is 14.4 Å². The molecule has 0 rings (SSSR count). The van der Waals surface area contributed by atoms with Crippen molar-refractivity contribution in [2.24, 2.45) is 5.92 Å². The van der Waals surface area contributed by atoms with Crippen LogP contribution in [0, 0.1) is 5.92 Å². The Balaban J connectivity index is 4.09. The molecule has 0 saturated carbocycles. The Morgan fingerprint density at radius 2 is 1.67 bits per heavy atom. The molecule has 0 aliphatic heterocycles. The molecule has 0 radical (unpaired) electrons. The van der Waals surface area contributed by atoms with Crippen LogP contribution < -0.4 is 0 Å². The molecule has 0 aromatic rings. The van der Waals surface area contributed by atoms with E-state index in [1.54, 1.807) is 27.7 Å². The van der Waals surface area contributed by atoms with E-state index in [1.165, 1.54) is 6.92 Å². The highest BCUT2D eigenvalue weighted by Gasteiger charge is 2.28. The molecule has 0 heterocycles. The average Bonchev–Trinajstić information content (AvgIpc) is 2.30. The molecule has 1 atom stereocenters. The molecule has 0 fully saturated rings. The fourth-order valence-electron chi connectivity index (χ4n) is 1.89. The minimum absolute atomic E-state index is 0.172. The van der Waals surface area contributed by atoms with Gasteiger partial charge in [-0.25, -0.2) is 0 Å². The van der Waals surface area contributed by atoms with Crippen molar-refractivity contribution in [2.45, 2.75) is 72.3 Å². The third kappa shape index (κ3) is 10.0. The third-order valence-corrected chi connectivity index (χ3v) is 2.86. The fourth-order valence-corrected chi connectivity index (χ4v) is 1.89. The molecule has 0 spiro atoms. The molecule has 0 aliphatic carbocycles. The Morgan fingerprint density at radius 3 is 2.14 bits per heavy atom. The van der Waals surface area contributed by atoms with Gasteiger partial charge in [0, 0.05) is 6.42 Å². The van der Waals surface area contributed by atoms with Crippen molar-refractivity contribution in [2.75, 3.05) is 6.61 Å². The second-order valence-corrected chi connectivity index (χ2v) is 6.10. The van der Waals surface area contributed by atoms with Gasteiger partial charge in [0.05, 0.1) is 6.61 Å². The van der Waals surface area contributed by atoms with Crippen LogP contribution in [0.15, 0.2) is 0 Å². The Kier molecular flexibility index (Phi) is 8.90. The van der Waals surface area contributed by atoms with Gasteiger partial charge in [0.15, 0.2) is 0 Å². The summed E-state index contributed by atoms with van der Waals surface area (Å²) < 4.78 is 10.1. The van der Waals surface area contributed by atoms with Crippen LogP contribution in [0.1, 0.15) is 66.7 Å². The van der Waals surface area contributed by atoms with Crippen LogP contribution >= 0.6 is 0 Å². The zero-order valence-electron chi connectivity index (χ0n) is 13.9. The molecule has 0 saturated heterocycles.